The van der Waals surface area contributed by atoms with Crippen molar-refractivity contribution in [3.8, 4) is 0 Å². The number of sulfonamides is 1. The van der Waals surface area contributed by atoms with Crippen LogP contribution < -0.4 is 10.0 Å². The van der Waals surface area contributed by atoms with Crippen LogP contribution in [0.2, 0.25) is 5.15 Å². The zero-order chi connectivity index (χ0) is 21.1. The van der Waals surface area contributed by atoms with Crippen molar-refractivity contribution in [2.75, 3.05) is 4.72 Å². The van der Waals surface area contributed by atoms with Crippen LogP contribution in [0.4, 0.5) is 5.69 Å². The number of benzene rings is 1. The molecule has 0 saturated heterocycles. The first-order valence-electron chi connectivity index (χ1n) is 10.4. The van der Waals surface area contributed by atoms with Crippen molar-refractivity contribution in [1.82, 2.24) is 14.7 Å². The zero-order valence-electron chi connectivity index (χ0n) is 17.0. The van der Waals surface area contributed by atoms with E-state index < -0.39 is 10.0 Å². The molecule has 0 amide bonds. The number of rotatable bonds is 8. The Bertz CT molecular complexity index is 1100. The third-order valence-corrected chi connectivity index (χ3v) is 8.27. The molecule has 162 valence electrons. The number of thiazole rings is 1. The van der Waals surface area contributed by atoms with Gasteiger partial charge in [0.2, 0.25) is 0 Å². The molecule has 4 rings (SSSR count). The first-order valence-corrected chi connectivity index (χ1v) is 13.1. The van der Waals surface area contributed by atoms with E-state index in [0.29, 0.717) is 23.2 Å². The highest BCUT2D eigenvalue weighted by Crippen LogP contribution is 2.29. The largest absolute Gasteiger partial charge is 0.310 e. The molecule has 1 aliphatic rings. The lowest BCUT2D eigenvalue weighted by atomic mass is 9.85. The Kier molecular flexibility index (Phi) is 6.67. The Morgan fingerprint density at radius 2 is 2.03 bits per heavy atom. The third-order valence-electron chi connectivity index (χ3n) is 5.75. The fraction of sp³-hybridized carbons (Fsp3) is 0.476. The average Bonchev–Trinajstić information content (AvgIpc) is 3.27. The fourth-order valence-electron chi connectivity index (χ4n) is 4.24. The van der Waals surface area contributed by atoms with E-state index in [1.807, 2.05) is 18.2 Å². The Morgan fingerprint density at radius 3 is 2.83 bits per heavy atom. The molecular weight excluding hydrogens is 440 g/mol. The molecule has 0 bridgehead atoms. The quantitative estimate of drug-likeness (QED) is 0.472. The van der Waals surface area contributed by atoms with Crippen molar-refractivity contribution in [3.63, 3.8) is 0 Å². The van der Waals surface area contributed by atoms with Crippen molar-refractivity contribution in [2.45, 2.75) is 63.1 Å². The smallest absolute Gasteiger partial charge is 0.281 e. The van der Waals surface area contributed by atoms with E-state index in [-0.39, 0.29) is 10.2 Å². The number of hydrogen-bond acceptors (Lipinski definition) is 5. The Balaban J connectivity index is 1.46. The molecule has 1 fully saturated rings. The van der Waals surface area contributed by atoms with E-state index in [0.717, 1.165) is 17.9 Å². The van der Waals surface area contributed by atoms with Gasteiger partial charge in [0, 0.05) is 24.2 Å². The number of hydrogen-bond donors (Lipinski definition) is 2. The maximum Gasteiger partial charge on any atom is 0.281 e. The lowest BCUT2D eigenvalue weighted by Crippen LogP contribution is -2.29. The molecule has 3 aromatic rings. The van der Waals surface area contributed by atoms with Gasteiger partial charge in [-0.3, -0.25) is 9.12 Å². The maximum atomic E-state index is 13.1. The molecule has 0 aliphatic heterocycles. The Hall–Kier alpha value is -1.61. The van der Waals surface area contributed by atoms with Gasteiger partial charge in [0.05, 0.1) is 5.69 Å². The van der Waals surface area contributed by atoms with Crippen molar-refractivity contribution in [2.24, 2.45) is 5.92 Å². The molecule has 1 saturated carbocycles. The van der Waals surface area contributed by atoms with Gasteiger partial charge >= 0.3 is 0 Å². The van der Waals surface area contributed by atoms with Crippen LogP contribution in [0.3, 0.4) is 0 Å². The molecule has 6 nitrogen and oxygen atoms in total. The minimum atomic E-state index is -3.88. The van der Waals surface area contributed by atoms with Crippen molar-refractivity contribution in [1.29, 1.82) is 0 Å². The van der Waals surface area contributed by atoms with Gasteiger partial charge in [0.15, 0.2) is 15.1 Å². The van der Waals surface area contributed by atoms with Gasteiger partial charge in [-0.1, -0.05) is 61.9 Å². The fourth-order valence-corrected chi connectivity index (χ4v) is 6.79. The Labute approximate surface area is 186 Å². The molecule has 1 aliphatic carbocycles. The van der Waals surface area contributed by atoms with Crippen LogP contribution >= 0.6 is 22.9 Å². The van der Waals surface area contributed by atoms with Crippen molar-refractivity contribution >= 4 is 43.6 Å². The molecule has 1 atom stereocenters. The van der Waals surface area contributed by atoms with Crippen molar-refractivity contribution in [3.05, 3.63) is 46.6 Å². The molecule has 30 heavy (non-hydrogen) atoms. The summed E-state index contributed by atoms with van der Waals surface area (Å²) in [4.78, 5) is 4.68. The van der Waals surface area contributed by atoms with Gasteiger partial charge in [-0.05, 0) is 30.9 Å². The molecule has 2 heterocycles. The molecule has 0 radical (unpaired) electrons. The monoisotopic (exact) mass is 466 g/mol. The van der Waals surface area contributed by atoms with Gasteiger partial charge in [0.25, 0.3) is 10.0 Å². The van der Waals surface area contributed by atoms with Gasteiger partial charge in [-0.25, -0.2) is 4.98 Å². The minimum Gasteiger partial charge on any atom is -0.310 e. The van der Waals surface area contributed by atoms with Gasteiger partial charge in [-0.2, -0.15) is 8.42 Å². The summed E-state index contributed by atoms with van der Waals surface area (Å²) in [6.45, 7) is 2.81. The standard InChI is InChI=1S/C21H27ClN4O2S2/c1-15(13-16-7-3-2-4-8-16)23-14-17-9-5-6-10-18(17)25-30(27,28)20-19(22)24-21-26(20)11-12-29-21/h5-6,9-12,15-16,23,25H,2-4,7-8,13-14H2,1H3/t15-/m0/s1. The number of imidazole rings is 1. The van der Waals surface area contributed by atoms with E-state index in [9.17, 15) is 8.42 Å². The minimum absolute atomic E-state index is 0.0222. The lowest BCUT2D eigenvalue weighted by molar-refractivity contribution is 0.305. The number of nitrogens with one attached hydrogen (secondary N) is 2. The van der Waals surface area contributed by atoms with Crippen LogP contribution in [-0.2, 0) is 16.6 Å². The number of fused-ring (bicyclic) bond motifs is 1. The lowest BCUT2D eigenvalue weighted by Gasteiger charge is -2.25. The first kappa shape index (κ1) is 21.6. The second-order valence-electron chi connectivity index (χ2n) is 8.05. The van der Waals surface area contributed by atoms with Crippen LogP contribution in [-0.4, -0.2) is 23.8 Å². The predicted molar refractivity (Wildman–Crippen MR) is 123 cm³/mol. The highest BCUT2D eigenvalue weighted by Gasteiger charge is 2.26. The molecule has 2 N–H and O–H groups in total. The normalized spacial score (nSPS) is 16.7. The van der Waals surface area contributed by atoms with Crippen LogP contribution in [0, 0.1) is 5.92 Å². The summed E-state index contributed by atoms with van der Waals surface area (Å²) in [5.41, 5.74) is 1.45. The van der Waals surface area contributed by atoms with E-state index >= 15 is 0 Å². The molecule has 0 spiro atoms. The van der Waals surface area contributed by atoms with E-state index in [2.05, 4.69) is 21.9 Å². The Morgan fingerprint density at radius 1 is 1.27 bits per heavy atom. The number of halogens is 1. The molecule has 0 unspecified atom stereocenters. The topological polar surface area (TPSA) is 75.5 Å². The summed E-state index contributed by atoms with van der Waals surface area (Å²) in [5, 5.41) is 5.29. The zero-order valence-corrected chi connectivity index (χ0v) is 19.4. The van der Waals surface area contributed by atoms with Gasteiger partial charge < -0.3 is 5.32 Å². The molecule has 2 aromatic heterocycles. The van der Waals surface area contributed by atoms with Crippen LogP contribution in [0.1, 0.15) is 51.0 Å². The van der Waals surface area contributed by atoms with Crippen LogP contribution in [0.25, 0.3) is 4.96 Å². The first-order chi connectivity index (χ1) is 14.4. The number of aromatic nitrogens is 2. The molecule has 1 aromatic carbocycles. The van der Waals surface area contributed by atoms with Crippen LogP contribution in [0.15, 0.2) is 40.9 Å². The van der Waals surface area contributed by atoms with Gasteiger partial charge in [-0.15, -0.1) is 11.3 Å². The van der Waals surface area contributed by atoms with Gasteiger partial charge in [0.1, 0.15) is 0 Å². The molecular formula is C21H27ClN4O2S2. The number of nitrogens with zero attached hydrogens (tertiary/aromatic N) is 2. The maximum absolute atomic E-state index is 13.1. The van der Waals surface area contributed by atoms with Crippen LogP contribution in [0.5, 0.6) is 0 Å². The molecule has 9 heteroatoms. The summed E-state index contributed by atoms with van der Waals surface area (Å²) < 4.78 is 30.4. The van der Waals surface area contributed by atoms with E-state index in [1.165, 1.54) is 47.8 Å². The number of para-hydroxylation sites is 1. The van der Waals surface area contributed by atoms with E-state index in [1.54, 1.807) is 17.6 Å². The second-order valence-corrected chi connectivity index (χ2v) is 10.9. The van der Waals surface area contributed by atoms with E-state index in [4.69, 9.17) is 11.6 Å². The number of anilines is 1. The third kappa shape index (κ3) is 4.82. The summed E-state index contributed by atoms with van der Waals surface area (Å²) in [6, 6.07) is 7.85. The summed E-state index contributed by atoms with van der Waals surface area (Å²) >= 11 is 7.48. The summed E-state index contributed by atoms with van der Waals surface area (Å²) in [6.07, 6.45) is 9.53. The average molecular weight is 467 g/mol. The summed E-state index contributed by atoms with van der Waals surface area (Å²) in [7, 11) is -3.88. The predicted octanol–water partition coefficient (Wildman–Crippen LogP) is 5.30. The SMILES string of the molecule is C[C@@H](CC1CCCCC1)NCc1ccccc1NS(=O)(=O)c1c(Cl)nc2sccn12. The summed E-state index contributed by atoms with van der Waals surface area (Å²) in [5.74, 6) is 0.798. The highest BCUT2D eigenvalue weighted by molar-refractivity contribution is 7.92. The van der Waals surface area contributed by atoms with Crippen molar-refractivity contribution < 1.29 is 8.42 Å². The highest BCUT2D eigenvalue weighted by atomic mass is 35.5. The second kappa shape index (κ2) is 9.26.